The van der Waals surface area contributed by atoms with Crippen molar-refractivity contribution in [3.8, 4) is 6.07 Å². The number of thioether (sulfide) groups is 2. The highest BCUT2D eigenvalue weighted by atomic mass is 32.2. The fourth-order valence-corrected chi connectivity index (χ4v) is 4.16. The minimum absolute atomic E-state index is 0.850. The number of rotatable bonds is 0. The molecule has 0 aliphatic carbocycles. The van der Waals surface area contributed by atoms with Gasteiger partial charge in [-0.05, 0) is 18.6 Å². The van der Waals surface area contributed by atoms with Gasteiger partial charge in [0.15, 0.2) is 0 Å². The van der Waals surface area contributed by atoms with E-state index in [1.807, 2.05) is 6.07 Å². The van der Waals surface area contributed by atoms with Crippen LogP contribution >= 0.6 is 23.5 Å². The van der Waals surface area contributed by atoms with Gasteiger partial charge in [-0.1, -0.05) is 23.9 Å². The van der Waals surface area contributed by atoms with E-state index in [1.54, 1.807) is 23.5 Å². The van der Waals surface area contributed by atoms with E-state index in [0.717, 1.165) is 22.2 Å². The van der Waals surface area contributed by atoms with Gasteiger partial charge in [0.25, 0.3) is 0 Å². The first-order chi connectivity index (χ1) is 7.90. The minimum Gasteiger partial charge on any atom is -0.334 e. The molecule has 0 unspecified atom stereocenters. The molecule has 3 rings (SSSR count). The van der Waals surface area contributed by atoms with Crippen LogP contribution in [-0.2, 0) is 0 Å². The lowest BCUT2D eigenvalue weighted by Crippen LogP contribution is -2.29. The Bertz CT molecular complexity index is 502. The molecular weight excluding hydrogens is 236 g/mol. The third-order valence-corrected chi connectivity index (χ3v) is 5.05. The Balaban J connectivity index is 2.13. The molecule has 0 atom stereocenters. The third-order valence-electron chi connectivity index (χ3n) is 2.67. The summed E-state index contributed by atoms with van der Waals surface area (Å²) in [5.41, 5.74) is 1.26. The summed E-state index contributed by atoms with van der Waals surface area (Å²) in [5.74, 6) is 1.12. The first-order valence-electron chi connectivity index (χ1n) is 5.22. The van der Waals surface area contributed by atoms with Crippen LogP contribution in [0.25, 0.3) is 0 Å². The van der Waals surface area contributed by atoms with Crippen molar-refractivity contribution < 1.29 is 0 Å². The van der Waals surface area contributed by atoms with Gasteiger partial charge in [0.05, 0.1) is 5.69 Å². The van der Waals surface area contributed by atoms with E-state index < -0.39 is 0 Å². The van der Waals surface area contributed by atoms with E-state index in [9.17, 15) is 5.26 Å². The third kappa shape index (κ3) is 1.51. The molecule has 2 aliphatic heterocycles. The van der Waals surface area contributed by atoms with Crippen LogP contribution in [0, 0.1) is 11.3 Å². The summed E-state index contributed by atoms with van der Waals surface area (Å²) in [5, 5.41) is 10.3. The molecule has 0 saturated carbocycles. The number of nitriles is 1. The number of nitrogens with zero attached hydrogens (tertiary/aromatic N) is 2. The van der Waals surface area contributed by atoms with Crippen molar-refractivity contribution >= 4 is 29.2 Å². The maximum Gasteiger partial charge on any atom is 0.120 e. The van der Waals surface area contributed by atoms with E-state index in [-0.39, 0.29) is 0 Å². The molecule has 0 bridgehead atoms. The van der Waals surface area contributed by atoms with Gasteiger partial charge in [0.2, 0.25) is 0 Å². The molecule has 0 aromatic heterocycles. The largest absolute Gasteiger partial charge is 0.334 e. The van der Waals surface area contributed by atoms with Gasteiger partial charge in [0, 0.05) is 17.2 Å². The Kier molecular flexibility index (Phi) is 2.58. The molecule has 4 heteroatoms. The monoisotopic (exact) mass is 246 g/mol. The van der Waals surface area contributed by atoms with E-state index in [4.69, 9.17) is 0 Å². The second-order valence-electron chi connectivity index (χ2n) is 3.67. The first kappa shape index (κ1) is 10.1. The van der Waals surface area contributed by atoms with Crippen molar-refractivity contribution in [1.82, 2.24) is 0 Å². The van der Waals surface area contributed by atoms with Gasteiger partial charge >= 0.3 is 0 Å². The zero-order chi connectivity index (χ0) is 11.0. The Morgan fingerprint density at radius 3 is 3.06 bits per heavy atom. The Hall–Kier alpha value is -1.05. The van der Waals surface area contributed by atoms with Crippen LogP contribution in [0.1, 0.15) is 6.42 Å². The Morgan fingerprint density at radius 2 is 2.19 bits per heavy atom. The van der Waals surface area contributed by atoms with Crippen molar-refractivity contribution in [3.05, 3.63) is 34.2 Å². The van der Waals surface area contributed by atoms with E-state index in [0.29, 0.717) is 0 Å². The Morgan fingerprint density at radius 1 is 1.31 bits per heavy atom. The lowest BCUT2D eigenvalue weighted by Gasteiger charge is -2.35. The molecule has 0 amide bonds. The molecule has 2 nitrogen and oxygen atoms in total. The summed E-state index contributed by atoms with van der Waals surface area (Å²) in [6, 6.07) is 10.6. The van der Waals surface area contributed by atoms with Crippen LogP contribution in [0.4, 0.5) is 5.69 Å². The standard InChI is InChI=1S/C12H10N2S2/c13-8-11-12-14(6-3-7-15-12)9-4-1-2-5-10(9)16-11/h1-2,4-5H,3,6-7H2. The van der Waals surface area contributed by atoms with Gasteiger partial charge in [-0.25, -0.2) is 0 Å². The first-order valence-corrected chi connectivity index (χ1v) is 7.02. The molecule has 2 aliphatic rings. The number of para-hydroxylation sites is 1. The van der Waals surface area contributed by atoms with Crippen molar-refractivity contribution in [1.29, 1.82) is 5.26 Å². The van der Waals surface area contributed by atoms with Gasteiger partial charge < -0.3 is 4.90 Å². The number of benzene rings is 1. The maximum absolute atomic E-state index is 9.19. The lowest BCUT2D eigenvalue weighted by atomic mass is 10.2. The molecule has 1 saturated heterocycles. The van der Waals surface area contributed by atoms with Crippen LogP contribution in [0.5, 0.6) is 0 Å². The summed E-state index contributed by atoms with van der Waals surface area (Å²) in [4.78, 5) is 4.34. The van der Waals surface area contributed by atoms with Gasteiger partial charge in [0.1, 0.15) is 16.0 Å². The molecule has 2 heterocycles. The smallest absolute Gasteiger partial charge is 0.120 e. The summed E-state index contributed by atoms with van der Waals surface area (Å²) in [6.07, 6.45) is 1.19. The summed E-state index contributed by atoms with van der Waals surface area (Å²) < 4.78 is 0. The van der Waals surface area contributed by atoms with Crippen LogP contribution < -0.4 is 4.90 Å². The quantitative estimate of drug-likeness (QED) is 0.701. The fraction of sp³-hybridized carbons (Fsp3) is 0.250. The van der Waals surface area contributed by atoms with Crippen LogP contribution in [-0.4, -0.2) is 12.3 Å². The highest BCUT2D eigenvalue weighted by Gasteiger charge is 2.28. The average Bonchev–Trinajstić information content (AvgIpc) is 2.38. The summed E-state index contributed by atoms with van der Waals surface area (Å²) in [7, 11) is 0. The second-order valence-corrected chi connectivity index (χ2v) is 5.81. The van der Waals surface area contributed by atoms with E-state index in [1.165, 1.54) is 17.0 Å². The molecule has 0 N–H and O–H groups in total. The predicted molar refractivity (Wildman–Crippen MR) is 69.4 cm³/mol. The van der Waals surface area contributed by atoms with Crippen molar-refractivity contribution in [3.63, 3.8) is 0 Å². The fourth-order valence-electron chi connectivity index (χ4n) is 1.98. The SMILES string of the molecule is N#CC1=C2SCCCN2c2ccccc2S1. The van der Waals surface area contributed by atoms with Gasteiger partial charge in [-0.3, -0.25) is 0 Å². The number of hydrogen-bond donors (Lipinski definition) is 0. The minimum atomic E-state index is 0.850. The molecule has 1 aromatic rings. The van der Waals surface area contributed by atoms with Crippen molar-refractivity contribution in [2.75, 3.05) is 17.2 Å². The van der Waals surface area contributed by atoms with Crippen molar-refractivity contribution in [2.24, 2.45) is 0 Å². The van der Waals surface area contributed by atoms with Crippen LogP contribution in [0.2, 0.25) is 0 Å². The number of anilines is 1. The van der Waals surface area contributed by atoms with Gasteiger partial charge in [-0.2, -0.15) is 5.26 Å². The van der Waals surface area contributed by atoms with Crippen LogP contribution in [0.3, 0.4) is 0 Å². The van der Waals surface area contributed by atoms with E-state index >= 15 is 0 Å². The molecule has 80 valence electrons. The highest BCUT2D eigenvalue weighted by molar-refractivity contribution is 8.07. The normalized spacial score (nSPS) is 18.8. The molecule has 16 heavy (non-hydrogen) atoms. The zero-order valence-electron chi connectivity index (χ0n) is 8.64. The molecule has 0 spiro atoms. The zero-order valence-corrected chi connectivity index (χ0v) is 10.3. The number of hydrogen-bond acceptors (Lipinski definition) is 4. The molecule has 0 radical (unpaired) electrons. The summed E-state index contributed by atoms with van der Waals surface area (Å²) >= 11 is 3.40. The highest BCUT2D eigenvalue weighted by Crippen LogP contribution is 2.47. The number of fused-ring (bicyclic) bond motifs is 3. The molecule has 1 fully saturated rings. The maximum atomic E-state index is 9.19. The Labute approximate surface area is 103 Å². The lowest BCUT2D eigenvalue weighted by molar-refractivity contribution is 0.852. The number of allylic oxidation sites excluding steroid dienone is 1. The van der Waals surface area contributed by atoms with Crippen molar-refractivity contribution in [2.45, 2.75) is 11.3 Å². The summed E-state index contributed by atoms with van der Waals surface area (Å²) in [6.45, 7) is 1.03. The average molecular weight is 246 g/mol. The second kappa shape index (κ2) is 4.08. The van der Waals surface area contributed by atoms with E-state index in [2.05, 4.69) is 29.2 Å². The molecular formula is C12H10N2S2. The van der Waals surface area contributed by atoms with Crippen LogP contribution in [0.15, 0.2) is 39.1 Å². The molecule has 1 aromatic carbocycles. The predicted octanol–water partition coefficient (Wildman–Crippen LogP) is 3.43. The topological polar surface area (TPSA) is 27.0 Å². The van der Waals surface area contributed by atoms with Gasteiger partial charge in [-0.15, -0.1) is 11.8 Å².